The number of nitrogens with two attached hydrogens (primary N) is 1. The summed E-state index contributed by atoms with van der Waals surface area (Å²) in [4.78, 5) is 13.8. The van der Waals surface area contributed by atoms with E-state index in [9.17, 15) is 4.79 Å². The number of methoxy groups -OCH3 is 1. The zero-order chi connectivity index (χ0) is 14.7. The Labute approximate surface area is 120 Å². The molecule has 1 aliphatic heterocycles. The van der Waals surface area contributed by atoms with Crippen molar-refractivity contribution in [3.63, 3.8) is 0 Å². The molecule has 5 heteroatoms. The maximum Gasteiger partial charge on any atom is 0.251 e. The molecule has 1 saturated heterocycles. The lowest BCUT2D eigenvalue weighted by molar-refractivity contribution is 0.0499. The molecule has 3 N–H and O–H groups in total. The number of nitrogen functional groups attached to an aromatic ring is 1. The van der Waals surface area contributed by atoms with Gasteiger partial charge in [0.05, 0.1) is 17.5 Å². The number of hydrogen-bond donors (Lipinski definition) is 2. The van der Waals surface area contributed by atoms with Crippen molar-refractivity contribution in [1.29, 1.82) is 0 Å². The van der Waals surface area contributed by atoms with Gasteiger partial charge in [-0.15, -0.1) is 0 Å². The van der Waals surface area contributed by atoms with E-state index < -0.39 is 0 Å². The van der Waals surface area contributed by atoms with Gasteiger partial charge in [0.1, 0.15) is 0 Å². The van der Waals surface area contributed by atoms with Crippen LogP contribution in [0.15, 0.2) is 18.2 Å². The second-order valence-electron chi connectivity index (χ2n) is 5.34. The molecule has 5 nitrogen and oxygen atoms in total. The Hall–Kier alpha value is -1.75. The van der Waals surface area contributed by atoms with E-state index in [0.29, 0.717) is 17.2 Å². The molecule has 20 heavy (non-hydrogen) atoms. The van der Waals surface area contributed by atoms with Crippen LogP contribution in [0.4, 0.5) is 11.4 Å². The van der Waals surface area contributed by atoms with Gasteiger partial charge in [-0.25, -0.2) is 0 Å². The fourth-order valence-corrected chi connectivity index (χ4v) is 2.69. The summed E-state index contributed by atoms with van der Waals surface area (Å²) in [5.41, 5.74) is 8.30. The SMILES string of the molecule is CNC(=O)c1ccc(N2CCC(C)C(OC)C2)c(N)c1. The molecule has 110 valence electrons. The van der Waals surface area contributed by atoms with E-state index in [1.165, 1.54) is 0 Å². The van der Waals surface area contributed by atoms with E-state index in [1.807, 2.05) is 12.1 Å². The molecule has 1 aliphatic rings. The highest BCUT2D eigenvalue weighted by Gasteiger charge is 2.27. The van der Waals surface area contributed by atoms with Crippen molar-refractivity contribution in [2.24, 2.45) is 5.92 Å². The fraction of sp³-hybridized carbons (Fsp3) is 0.533. The molecular formula is C15H23N3O2. The van der Waals surface area contributed by atoms with Gasteiger partial charge in [0, 0.05) is 32.8 Å². The van der Waals surface area contributed by atoms with Gasteiger partial charge in [0.15, 0.2) is 0 Å². The minimum Gasteiger partial charge on any atom is -0.397 e. The third-order valence-electron chi connectivity index (χ3n) is 4.05. The van der Waals surface area contributed by atoms with E-state index in [0.717, 1.165) is 25.2 Å². The standard InChI is InChI=1S/C15H23N3O2/c1-10-6-7-18(9-14(10)20-3)13-5-4-11(8-12(13)16)15(19)17-2/h4-5,8,10,14H,6-7,9,16H2,1-3H3,(H,17,19). The van der Waals surface area contributed by atoms with Crippen LogP contribution in [-0.2, 0) is 4.74 Å². The van der Waals surface area contributed by atoms with Crippen LogP contribution in [-0.4, -0.2) is 39.3 Å². The van der Waals surface area contributed by atoms with Crippen molar-refractivity contribution in [2.75, 3.05) is 37.9 Å². The minimum absolute atomic E-state index is 0.120. The second-order valence-corrected chi connectivity index (χ2v) is 5.34. The molecule has 0 radical (unpaired) electrons. The van der Waals surface area contributed by atoms with Gasteiger partial charge < -0.3 is 20.7 Å². The van der Waals surface area contributed by atoms with Gasteiger partial charge in [0.2, 0.25) is 0 Å². The Balaban J connectivity index is 2.19. The van der Waals surface area contributed by atoms with Crippen LogP contribution in [0.5, 0.6) is 0 Å². The van der Waals surface area contributed by atoms with Crippen molar-refractivity contribution >= 4 is 17.3 Å². The minimum atomic E-state index is -0.120. The number of amides is 1. The number of carbonyl (C=O) groups is 1. The van der Waals surface area contributed by atoms with E-state index in [4.69, 9.17) is 10.5 Å². The van der Waals surface area contributed by atoms with Gasteiger partial charge >= 0.3 is 0 Å². The summed E-state index contributed by atoms with van der Waals surface area (Å²) < 4.78 is 5.53. The Morgan fingerprint density at radius 2 is 2.25 bits per heavy atom. The number of nitrogens with one attached hydrogen (secondary N) is 1. The predicted molar refractivity (Wildman–Crippen MR) is 81.0 cm³/mol. The van der Waals surface area contributed by atoms with Crippen LogP contribution >= 0.6 is 0 Å². The molecule has 1 aromatic carbocycles. The third kappa shape index (κ3) is 2.88. The van der Waals surface area contributed by atoms with Crippen molar-refractivity contribution in [3.05, 3.63) is 23.8 Å². The molecule has 2 rings (SSSR count). The summed E-state index contributed by atoms with van der Waals surface area (Å²) in [5.74, 6) is 0.438. The zero-order valence-electron chi connectivity index (χ0n) is 12.3. The molecule has 0 saturated carbocycles. The van der Waals surface area contributed by atoms with Crippen molar-refractivity contribution in [1.82, 2.24) is 5.32 Å². The highest BCUT2D eigenvalue weighted by molar-refractivity contribution is 5.96. The van der Waals surface area contributed by atoms with Gasteiger partial charge in [-0.2, -0.15) is 0 Å². The molecule has 2 unspecified atom stereocenters. The number of nitrogens with zero attached hydrogens (tertiary/aromatic N) is 1. The Kier molecular flexibility index (Phi) is 4.49. The first-order valence-corrected chi connectivity index (χ1v) is 6.96. The number of anilines is 2. The maximum atomic E-state index is 11.6. The number of benzene rings is 1. The van der Waals surface area contributed by atoms with E-state index >= 15 is 0 Å². The molecule has 1 amide bonds. The highest BCUT2D eigenvalue weighted by Crippen LogP contribution is 2.29. The van der Waals surface area contributed by atoms with Crippen molar-refractivity contribution in [3.8, 4) is 0 Å². The highest BCUT2D eigenvalue weighted by atomic mass is 16.5. The van der Waals surface area contributed by atoms with Gasteiger partial charge in [0.25, 0.3) is 5.91 Å². The quantitative estimate of drug-likeness (QED) is 0.821. The molecule has 0 bridgehead atoms. The first-order valence-electron chi connectivity index (χ1n) is 6.96. The molecular weight excluding hydrogens is 254 g/mol. The lowest BCUT2D eigenvalue weighted by Gasteiger charge is -2.38. The smallest absolute Gasteiger partial charge is 0.251 e. The Morgan fingerprint density at radius 3 is 2.85 bits per heavy atom. The normalized spacial score (nSPS) is 22.6. The molecule has 1 aromatic rings. The topological polar surface area (TPSA) is 67.6 Å². The van der Waals surface area contributed by atoms with E-state index in [1.54, 1.807) is 20.2 Å². The Bertz CT molecular complexity index is 490. The van der Waals surface area contributed by atoms with Crippen LogP contribution in [0.25, 0.3) is 0 Å². The number of ether oxygens (including phenoxy) is 1. The summed E-state index contributed by atoms with van der Waals surface area (Å²) in [7, 11) is 3.37. The van der Waals surface area contributed by atoms with Gasteiger partial charge in [-0.3, -0.25) is 4.79 Å². The molecule has 0 aliphatic carbocycles. The van der Waals surface area contributed by atoms with Crippen LogP contribution < -0.4 is 16.0 Å². The number of rotatable bonds is 3. The summed E-state index contributed by atoms with van der Waals surface area (Å²) >= 11 is 0. The largest absolute Gasteiger partial charge is 0.397 e. The molecule has 1 fully saturated rings. The number of piperidine rings is 1. The first-order chi connectivity index (χ1) is 9.56. The fourth-order valence-electron chi connectivity index (χ4n) is 2.69. The Morgan fingerprint density at radius 1 is 1.50 bits per heavy atom. The first kappa shape index (κ1) is 14.7. The van der Waals surface area contributed by atoms with E-state index in [-0.39, 0.29) is 12.0 Å². The monoisotopic (exact) mass is 277 g/mol. The van der Waals surface area contributed by atoms with Crippen LogP contribution in [0, 0.1) is 5.92 Å². The summed E-state index contributed by atoms with van der Waals surface area (Å²) in [6, 6.07) is 5.46. The number of hydrogen-bond acceptors (Lipinski definition) is 4. The summed E-state index contributed by atoms with van der Waals surface area (Å²) in [6.45, 7) is 4.01. The van der Waals surface area contributed by atoms with Crippen LogP contribution in [0.1, 0.15) is 23.7 Å². The second kappa shape index (κ2) is 6.13. The predicted octanol–water partition coefficient (Wildman–Crippen LogP) is 1.49. The maximum absolute atomic E-state index is 11.6. The molecule has 0 aromatic heterocycles. The van der Waals surface area contributed by atoms with Crippen LogP contribution in [0.3, 0.4) is 0 Å². The zero-order valence-corrected chi connectivity index (χ0v) is 12.3. The molecule has 0 spiro atoms. The number of carbonyl (C=O) groups excluding carboxylic acids is 1. The van der Waals surface area contributed by atoms with Crippen LogP contribution in [0.2, 0.25) is 0 Å². The van der Waals surface area contributed by atoms with E-state index in [2.05, 4.69) is 17.1 Å². The molecule has 2 atom stereocenters. The third-order valence-corrected chi connectivity index (χ3v) is 4.05. The average Bonchev–Trinajstić information content (AvgIpc) is 2.47. The van der Waals surface area contributed by atoms with Gasteiger partial charge in [-0.1, -0.05) is 6.92 Å². The lowest BCUT2D eigenvalue weighted by Crippen LogP contribution is -2.44. The lowest BCUT2D eigenvalue weighted by atomic mass is 9.95. The van der Waals surface area contributed by atoms with Crippen molar-refractivity contribution < 1.29 is 9.53 Å². The summed E-state index contributed by atoms with van der Waals surface area (Å²) in [6.07, 6.45) is 1.30. The summed E-state index contributed by atoms with van der Waals surface area (Å²) in [5, 5.41) is 2.60. The van der Waals surface area contributed by atoms with Gasteiger partial charge in [-0.05, 0) is 30.5 Å². The van der Waals surface area contributed by atoms with Crippen molar-refractivity contribution in [2.45, 2.75) is 19.4 Å². The molecule has 1 heterocycles. The average molecular weight is 277 g/mol.